The van der Waals surface area contributed by atoms with Gasteiger partial charge in [-0.2, -0.15) is 0 Å². The summed E-state index contributed by atoms with van der Waals surface area (Å²) in [5, 5.41) is 0. The number of rotatable bonds is 5. The van der Waals surface area contributed by atoms with Gasteiger partial charge in [-0.1, -0.05) is 13.3 Å². The Labute approximate surface area is 145 Å². The lowest BCUT2D eigenvalue weighted by molar-refractivity contribution is -0.146. The van der Waals surface area contributed by atoms with E-state index in [1.165, 1.54) is 25.7 Å². The second-order valence-corrected chi connectivity index (χ2v) is 8.11. The minimum absolute atomic E-state index is 0.109. The van der Waals surface area contributed by atoms with Crippen molar-refractivity contribution in [2.45, 2.75) is 58.4 Å². The third kappa shape index (κ3) is 3.01. The smallest absolute Gasteiger partial charge is 0.230 e. The number of amides is 1. The first-order valence-corrected chi connectivity index (χ1v) is 9.78. The Balaban J connectivity index is 1.38. The van der Waals surface area contributed by atoms with Gasteiger partial charge in [0.15, 0.2) is 0 Å². The minimum Gasteiger partial charge on any atom is -0.465 e. The molecule has 3 aliphatic rings. The number of hydrogen-bond donors (Lipinski definition) is 0. The summed E-state index contributed by atoms with van der Waals surface area (Å²) in [6, 6.07) is 4.17. The van der Waals surface area contributed by atoms with E-state index in [1.54, 1.807) is 0 Å². The summed E-state index contributed by atoms with van der Waals surface area (Å²) >= 11 is 0. The van der Waals surface area contributed by atoms with E-state index in [1.807, 2.05) is 0 Å². The molecule has 1 aromatic heterocycles. The van der Waals surface area contributed by atoms with E-state index in [0.29, 0.717) is 5.91 Å². The Bertz CT molecular complexity index is 592. The molecule has 24 heavy (non-hydrogen) atoms. The summed E-state index contributed by atoms with van der Waals surface area (Å²) in [6.07, 6.45) is 8.21. The Morgan fingerprint density at radius 2 is 2.00 bits per heavy atom. The molecule has 1 aromatic rings. The maximum absolute atomic E-state index is 13.1. The van der Waals surface area contributed by atoms with Gasteiger partial charge in [0.1, 0.15) is 11.5 Å². The summed E-state index contributed by atoms with van der Waals surface area (Å²) in [6.45, 7) is 6.89. The van der Waals surface area contributed by atoms with Gasteiger partial charge in [0, 0.05) is 26.1 Å². The number of hydrogen-bond acceptors (Lipinski definition) is 3. The Hall–Kier alpha value is -1.29. The molecule has 1 amide bonds. The van der Waals surface area contributed by atoms with E-state index in [0.717, 1.165) is 69.4 Å². The molecule has 1 atom stereocenters. The molecule has 1 aliphatic carbocycles. The van der Waals surface area contributed by atoms with Gasteiger partial charge in [0.2, 0.25) is 5.91 Å². The van der Waals surface area contributed by atoms with Gasteiger partial charge in [0.25, 0.3) is 0 Å². The first-order chi connectivity index (χ1) is 11.7. The van der Waals surface area contributed by atoms with E-state index in [4.69, 9.17) is 4.42 Å². The predicted molar refractivity (Wildman–Crippen MR) is 93.6 cm³/mol. The van der Waals surface area contributed by atoms with Crippen LogP contribution in [-0.2, 0) is 17.8 Å². The van der Waals surface area contributed by atoms with Crippen LogP contribution in [0.25, 0.3) is 0 Å². The number of carbonyl (C=O) groups excluding carboxylic acids is 1. The van der Waals surface area contributed by atoms with E-state index < -0.39 is 0 Å². The van der Waals surface area contributed by atoms with Crippen molar-refractivity contribution in [3.05, 3.63) is 23.7 Å². The van der Waals surface area contributed by atoms with Crippen LogP contribution in [0.1, 0.15) is 57.0 Å². The molecule has 3 fully saturated rings. The fourth-order valence-corrected chi connectivity index (χ4v) is 4.70. The topological polar surface area (TPSA) is 36.7 Å². The molecule has 1 saturated carbocycles. The van der Waals surface area contributed by atoms with Crippen LogP contribution in [0.2, 0.25) is 0 Å². The monoisotopic (exact) mass is 330 g/mol. The standard InChI is InChI=1S/C20H30N2O2/c1-2-17-7-8-18(24-17)14-21-12-10-20(15-21)9-4-11-22(19(20)23)13-16-5-3-6-16/h7-8,16H,2-6,9-15H2,1H3. The zero-order chi connectivity index (χ0) is 16.6. The molecule has 2 aliphatic heterocycles. The van der Waals surface area contributed by atoms with Crippen LogP contribution in [0, 0.1) is 11.3 Å². The highest BCUT2D eigenvalue weighted by Gasteiger charge is 2.48. The Morgan fingerprint density at radius 3 is 2.71 bits per heavy atom. The van der Waals surface area contributed by atoms with Gasteiger partial charge in [-0.3, -0.25) is 9.69 Å². The Morgan fingerprint density at radius 1 is 1.17 bits per heavy atom. The molecule has 4 rings (SSSR count). The molecular weight excluding hydrogens is 300 g/mol. The van der Waals surface area contributed by atoms with Crippen molar-refractivity contribution in [1.29, 1.82) is 0 Å². The van der Waals surface area contributed by atoms with Gasteiger partial charge in [-0.25, -0.2) is 0 Å². The van der Waals surface area contributed by atoms with Crippen LogP contribution in [0.5, 0.6) is 0 Å². The van der Waals surface area contributed by atoms with Gasteiger partial charge in [0.05, 0.1) is 12.0 Å². The minimum atomic E-state index is -0.109. The number of nitrogens with zero attached hydrogens (tertiary/aromatic N) is 2. The first kappa shape index (κ1) is 16.2. The molecule has 1 spiro atoms. The number of likely N-dealkylation sites (tertiary alicyclic amines) is 2. The molecule has 132 valence electrons. The highest BCUT2D eigenvalue weighted by molar-refractivity contribution is 5.84. The van der Waals surface area contributed by atoms with Crippen molar-refractivity contribution in [1.82, 2.24) is 9.80 Å². The van der Waals surface area contributed by atoms with E-state index >= 15 is 0 Å². The molecule has 4 nitrogen and oxygen atoms in total. The van der Waals surface area contributed by atoms with Crippen molar-refractivity contribution in [2.24, 2.45) is 11.3 Å². The van der Waals surface area contributed by atoms with Crippen molar-refractivity contribution < 1.29 is 9.21 Å². The van der Waals surface area contributed by atoms with E-state index in [-0.39, 0.29) is 5.41 Å². The van der Waals surface area contributed by atoms with Gasteiger partial charge < -0.3 is 9.32 Å². The second-order valence-electron chi connectivity index (χ2n) is 8.11. The number of furan rings is 1. The number of carbonyl (C=O) groups is 1. The molecule has 0 N–H and O–H groups in total. The summed E-state index contributed by atoms with van der Waals surface area (Å²) in [7, 11) is 0. The third-order valence-electron chi connectivity index (χ3n) is 6.41. The first-order valence-electron chi connectivity index (χ1n) is 9.78. The lowest BCUT2D eigenvalue weighted by Crippen LogP contribution is -2.51. The summed E-state index contributed by atoms with van der Waals surface area (Å²) in [5.74, 6) is 3.31. The largest absolute Gasteiger partial charge is 0.465 e. The fourth-order valence-electron chi connectivity index (χ4n) is 4.70. The van der Waals surface area contributed by atoms with Crippen LogP contribution in [0.4, 0.5) is 0 Å². The van der Waals surface area contributed by atoms with Crippen molar-refractivity contribution in [2.75, 3.05) is 26.2 Å². The third-order valence-corrected chi connectivity index (χ3v) is 6.41. The maximum atomic E-state index is 13.1. The van der Waals surface area contributed by atoms with Crippen LogP contribution in [-0.4, -0.2) is 41.9 Å². The van der Waals surface area contributed by atoms with Crippen LogP contribution in [0.15, 0.2) is 16.5 Å². The van der Waals surface area contributed by atoms with Gasteiger partial charge in [-0.05, 0) is 56.7 Å². The van der Waals surface area contributed by atoms with Crippen LogP contribution in [0.3, 0.4) is 0 Å². The quantitative estimate of drug-likeness (QED) is 0.829. The maximum Gasteiger partial charge on any atom is 0.230 e. The van der Waals surface area contributed by atoms with Crippen molar-refractivity contribution in [3.8, 4) is 0 Å². The number of piperidine rings is 1. The van der Waals surface area contributed by atoms with Crippen molar-refractivity contribution in [3.63, 3.8) is 0 Å². The Kier molecular flexibility index (Phi) is 4.42. The van der Waals surface area contributed by atoms with E-state index in [2.05, 4.69) is 28.9 Å². The molecule has 0 aromatic carbocycles. The average molecular weight is 330 g/mol. The highest BCUT2D eigenvalue weighted by Crippen LogP contribution is 2.41. The SMILES string of the molecule is CCc1ccc(CN2CCC3(CCCN(CC4CCC4)C3=O)C2)o1. The lowest BCUT2D eigenvalue weighted by atomic mass is 9.77. The zero-order valence-corrected chi connectivity index (χ0v) is 14.9. The molecule has 0 bridgehead atoms. The molecule has 4 heteroatoms. The highest BCUT2D eigenvalue weighted by atomic mass is 16.3. The summed E-state index contributed by atoms with van der Waals surface area (Å²) in [5.41, 5.74) is -0.109. The number of aryl methyl sites for hydroxylation is 1. The van der Waals surface area contributed by atoms with Gasteiger partial charge >= 0.3 is 0 Å². The van der Waals surface area contributed by atoms with Crippen LogP contribution < -0.4 is 0 Å². The van der Waals surface area contributed by atoms with Gasteiger partial charge in [-0.15, -0.1) is 0 Å². The zero-order valence-electron chi connectivity index (χ0n) is 14.9. The molecule has 1 unspecified atom stereocenters. The summed E-state index contributed by atoms with van der Waals surface area (Å²) < 4.78 is 5.86. The van der Waals surface area contributed by atoms with Crippen LogP contribution >= 0.6 is 0 Å². The summed E-state index contributed by atoms with van der Waals surface area (Å²) in [4.78, 5) is 17.8. The van der Waals surface area contributed by atoms with Crippen molar-refractivity contribution >= 4 is 5.91 Å². The van der Waals surface area contributed by atoms with E-state index in [9.17, 15) is 4.79 Å². The normalized spacial score (nSPS) is 28.7. The molecule has 3 heterocycles. The lowest BCUT2D eigenvalue weighted by Gasteiger charge is -2.42. The average Bonchev–Trinajstić information content (AvgIpc) is 3.15. The molecular formula is C20H30N2O2. The molecule has 0 radical (unpaired) electrons. The fraction of sp³-hybridized carbons (Fsp3) is 0.750. The second kappa shape index (κ2) is 6.55. The molecule has 2 saturated heterocycles. The predicted octanol–water partition coefficient (Wildman–Crippen LogP) is 3.46.